The Kier molecular flexibility index (Phi) is 4.25. The molecule has 0 heterocycles. The molecule has 1 atom stereocenters. The molecule has 92 valence electrons. The van der Waals surface area contributed by atoms with E-state index in [9.17, 15) is 4.39 Å². The molecule has 3 heteroatoms. The van der Waals surface area contributed by atoms with Gasteiger partial charge in [0.25, 0.3) is 0 Å². The lowest BCUT2D eigenvalue weighted by Crippen LogP contribution is -2.37. The van der Waals surface area contributed by atoms with Crippen LogP contribution in [0.2, 0.25) is 0 Å². The van der Waals surface area contributed by atoms with Crippen molar-refractivity contribution in [2.45, 2.75) is 40.3 Å². The first-order valence-corrected chi connectivity index (χ1v) is 5.76. The molecule has 2 nitrogen and oxygen atoms in total. The number of hydrogen-bond acceptors (Lipinski definition) is 2. The molecule has 1 aromatic carbocycles. The number of nitrogens with one attached hydrogen (secondary N) is 1. The van der Waals surface area contributed by atoms with E-state index in [1.54, 1.807) is 0 Å². The number of rotatable bonds is 3. The van der Waals surface area contributed by atoms with Crippen molar-refractivity contribution in [3.8, 4) is 6.07 Å². The first-order chi connectivity index (χ1) is 7.84. The average molecular weight is 234 g/mol. The predicted octanol–water partition coefficient (Wildman–Crippen LogP) is 3.22. The van der Waals surface area contributed by atoms with Gasteiger partial charge in [-0.05, 0) is 36.1 Å². The highest BCUT2D eigenvalue weighted by Gasteiger charge is 2.19. The summed E-state index contributed by atoms with van der Waals surface area (Å²) >= 11 is 0. The molecule has 0 aliphatic heterocycles. The minimum absolute atomic E-state index is 0.139. The van der Waals surface area contributed by atoms with Gasteiger partial charge in [-0.2, -0.15) is 5.26 Å². The Morgan fingerprint density at radius 3 is 2.59 bits per heavy atom. The Bertz CT molecular complexity index is 427. The third-order valence-corrected chi connectivity index (χ3v) is 3.09. The topological polar surface area (TPSA) is 35.8 Å². The van der Waals surface area contributed by atoms with Crippen LogP contribution >= 0.6 is 0 Å². The minimum Gasteiger partial charge on any atom is -0.310 e. The van der Waals surface area contributed by atoms with Crippen LogP contribution in [0.15, 0.2) is 18.2 Å². The lowest BCUT2D eigenvalue weighted by Gasteiger charge is -2.28. The molecular weight excluding hydrogens is 215 g/mol. The van der Waals surface area contributed by atoms with Crippen molar-refractivity contribution >= 4 is 0 Å². The van der Waals surface area contributed by atoms with E-state index in [-0.39, 0.29) is 17.3 Å². The molecule has 0 aliphatic rings. The van der Waals surface area contributed by atoms with Gasteiger partial charge in [-0.15, -0.1) is 0 Å². The molecule has 0 spiro atoms. The molecule has 0 radical (unpaired) electrons. The summed E-state index contributed by atoms with van der Waals surface area (Å²) in [5.41, 5.74) is 1.38. The van der Waals surface area contributed by atoms with Crippen molar-refractivity contribution in [3.63, 3.8) is 0 Å². The second-order valence-electron chi connectivity index (χ2n) is 5.38. The van der Waals surface area contributed by atoms with Gasteiger partial charge in [-0.3, -0.25) is 0 Å². The maximum Gasteiger partial charge on any atom is 0.123 e. The summed E-state index contributed by atoms with van der Waals surface area (Å²) in [7, 11) is 0. The Morgan fingerprint density at radius 1 is 1.41 bits per heavy atom. The lowest BCUT2D eigenvalue weighted by molar-refractivity contribution is 0.285. The highest BCUT2D eigenvalue weighted by molar-refractivity contribution is 5.37. The predicted molar refractivity (Wildman–Crippen MR) is 66.9 cm³/mol. The third-order valence-electron chi connectivity index (χ3n) is 3.09. The van der Waals surface area contributed by atoms with Gasteiger partial charge in [0.05, 0.1) is 11.6 Å². The van der Waals surface area contributed by atoms with E-state index in [0.29, 0.717) is 17.7 Å². The Hall–Kier alpha value is -1.40. The van der Waals surface area contributed by atoms with Crippen LogP contribution in [0, 0.1) is 22.6 Å². The van der Waals surface area contributed by atoms with Crippen LogP contribution in [0.3, 0.4) is 0 Å². The van der Waals surface area contributed by atoms with E-state index in [4.69, 9.17) is 5.26 Å². The van der Waals surface area contributed by atoms with Crippen molar-refractivity contribution in [2.24, 2.45) is 5.41 Å². The van der Waals surface area contributed by atoms with Gasteiger partial charge in [0.1, 0.15) is 5.82 Å². The molecule has 0 amide bonds. The van der Waals surface area contributed by atoms with Gasteiger partial charge in [0.2, 0.25) is 0 Å². The van der Waals surface area contributed by atoms with E-state index in [1.165, 1.54) is 18.2 Å². The van der Waals surface area contributed by atoms with E-state index in [0.717, 1.165) is 0 Å². The largest absolute Gasteiger partial charge is 0.310 e. The molecule has 1 aromatic rings. The molecule has 17 heavy (non-hydrogen) atoms. The van der Waals surface area contributed by atoms with Crippen LogP contribution in [0.5, 0.6) is 0 Å². The summed E-state index contributed by atoms with van der Waals surface area (Å²) in [5.74, 6) is -0.302. The zero-order valence-corrected chi connectivity index (χ0v) is 10.8. The van der Waals surface area contributed by atoms with Crippen molar-refractivity contribution in [2.75, 3.05) is 0 Å². The van der Waals surface area contributed by atoms with Gasteiger partial charge in [-0.1, -0.05) is 20.8 Å². The zero-order valence-electron chi connectivity index (χ0n) is 10.8. The van der Waals surface area contributed by atoms with Gasteiger partial charge >= 0.3 is 0 Å². The second kappa shape index (κ2) is 5.29. The lowest BCUT2D eigenvalue weighted by atomic mass is 9.88. The van der Waals surface area contributed by atoms with E-state index < -0.39 is 0 Å². The van der Waals surface area contributed by atoms with Gasteiger partial charge in [0, 0.05) is 12.6 Å². The molecule has 0 saturated carbocycles. The van der Waals surface area contributed by atoms with Crippen LogP contribution in [0.25, 0.3) is 0 Å². The minimum atomic E-state index is -0.302. The monoisotopic (exact) mass is 234 g/mol. The van der Waals surface area contributed by atoms with E-state index in [2.05, 4.69) is 39.1 Å². The quantitative estimate of drug-likeness (QED) is 0.871. The molecule has 0 aromatic heterocycles. The highest BCUT2D eigenvalue weighted by atomic mass is 19.1. The maximum absolute atomic E-state index is 13.1. The Balaban J connectivity index is 2.76. The molecule has 1 unspecified atom stereocenters. The van der Waals surface area contributed by atoms with Crippen molar-refractivity contribution < 1.29 is 4.39 Å². The maximum atomic E-state index is 13.1. The first-order valence-electron chi connectivity index (χ1n) is 5.76. The molecule has 0 aliphatic carbocycles. The fourth-order valence-corrected chi connectivity index (χ4v) is 1.39. The molecule has 1 rings (SSSR count). The first kappa shape index (κ1) is 13.7. The Labute approximate surface area is 102 Å². The van der Waals surface area contributed by atoms with Crippen LogP contribution in [-0.2, 0) is 6.54 Å². The fourth-order valence-electron chi connectivity index (χ4n) is 1.39. The second-order valence-corrected chi connectivity index (χ2v) is 5.38. The summed E-state index contributed by atoms with van der Waals surface area (Å²) in [4.78, 5) is 0. The van der Waals surface area contributed by atoms with Gasteiger partial charge in [0.15, 0.2) is 0 Å². The van der Waals surface area contributed by atoms with Gasteiger partial charge in [-0.25, -0.2) is 4.39 Å². The molecular formula is C14H19FN2. The van der Waals surface area contributed by atoms with Crippen molar-refractivity contribution in [1.82, 2.24) is 5.32 Å². The molecule has 1 N–H and O–H groups in total. The fraction of sp³-hybridized carbons (Fsp3) is 0.500. The summed E-state index contributed by atoms with van der Waals surface area (Å²) in [6, 6.07) is 6.62. The summed E-state index contributed by atoms with van der Waals surface area (Å²) in [6.45, 7) is 9.02. The number of nitrogens with zero attached hydrogens (tertiary/aromatic N) is 1. The Morgan fingerprint density at radius 2 is 2.06 bits per heavy atom. The highest BCUT2D eigenvalue weighted by Crippen LogP contribution is 2.19. The van der Waals surface area contributed by atoms with Crippen LogP contribution in [0.1, 0.15) is 38.8 Å². The summed E-state index contributed by atoms with van der Waals surface area (Å²) in [6.07, 6.45) is 0. The number of benzene rings is 1. The SMILES string of the molecule is CC(NCc1cc(F)ccc1C#N)C(C)(C)C. The smallest absolute Gasteiger partial charge is 0.123 e. The van der Waals surface area contributed by atoms with Crippen LogP contribution in [0.4, 0.5) is 4.39 Å². The van der Waals surface area contributed by atoms with Crippen molar-refractivity contribution in [3.05, 3.63) is 35.1 Å². The molecule has 0 saturated heterocycles. The number of hydrogen-bond donors (Lipinski definition) is 1. The number of nitriles is 1. The van der Waals surface area contributed by atoms with Crippen LogP contribution in [-0.4, -0.2) is 6.04 Å². The van der Waals surface area contributed by atoms with Crippen molar-refractivity contribution in [1.29, 1.82) is 5.26 Å². The van der Waals surface area contributed by atoms with E-state index in [1.807, 2.05) is 0 Å². The average Bonchev–Trinajstić information content (AvgIpc) is 2.24. The zero-order chi connectivity index (χ0) is 13.1. The van der Waals surface area contributed by atoms with E-state index >= 15 is 0 Å². The molecule has 0 fully saturated rings. The standard InChI is InChI=1S/C14H19FN2/c1-10(14(2,3)4)17-9-12-7-13(15)6-5-11(12)8-16/h5-7,10,17H,9H2,1-4H3. The third kappa shape index (κ3) is 3.83. The van der Waals surface area contributed by atoms with Gasteiger partial charge < -0.3 is 5.32 Å². The summed E-state index contributed by atoms with van der Waals surface area (Å²) < 4.78 is 13.1. The number of halogens is 1. The summed E-state index contributed by atoms with van der Waals surface area (Å²) in [5, 5.41) is 12.3. The normalized spacial score (nSPS) is 13.2. The van der Waals surface area contributed by atoms with Crippen LogP contribution < -0.4 is 5.32 Å². The molecule has 0 bridgehead atoms.